The maximum Gasteiger partial charge on any atom is 0.133 e. The van der Waals surface area contributed by atoms with Gasteiger partial charge in [0.05, 0.1) is 0 Å². The van der Waals surface area contributed by atoms with Crippen LogP contribution in [0.2, 0.25) is 5.15 Å². The number of hydrogen-bond donors (Lipinski definition) is 0. The van der Waals surface area contributed by atoms with E-state index in [0.29, 0.717) is 5.15 Å². The summed E-state index contributed by atoms with van der Waals surface area (Å²) in [5.41, 5.74) is 1.14. The molecule has 1 nitrogen and oxygen atoms in total. The number of halogens is 2. The van der Waals surface area contributed by atoms with Gasteiger partial charge in [-0.05, 0) is 35.1 Å². The predicted molar refractivity (Wildman–Crippen MR) is 51.3 cm³/mol. The van der Waals surface area contributed by atoms with Crippen molar-refractivity contribution in [2.75, 3.05) is 0 Å². The van der Waals surface area contributed by atoms with Gasteiger partial charge in [0.15, 0.2) is 0 Å². The summed E-state index contributed by atoms with van der Waals surface area (Å²) in [5, 5.41) is 0.634. The Bertz CT molecular complexity index is 217. The zero-order valence-electron chi connectivity index (χ0n) is 5.56. The van der Waals surface area contributed by atoms with E-state index >= 15 is 0 Å². The van der Waals surface area contributed by atoms with Crippen LogP contribution >= 0.6 is 34.2 Å². The highest BCUT2D eigenvalue weighted by Gasteiger charge is 2.01. The molecule has 0 aliphatic rings. The summed E-state index contributed by atoms with van der Waals surface area (Å²) in [6, 6.07) is 1.96. The van der Waals surface area contributed by atoms with Crippen LogP contribution in [-0.2, 0) is 6.42 Å². The summed E-state index contributed by atoms with van der Waals surface area (Å²) < 4.78 is 1.19. The Kier molecular flexibility index (Phi) is 2.92. The molecule has 0 saturated carbocycles. The average molecular weight is 267 g/mol. The molecular formula is C7H7ClIN. The second-order valence-corrected chi connectivity index (χ2v) is 3.44. The number of pyridine rings is 1. The molecule has 0 unspecified atom stereocenters. The maximum atomic E-state index is 5.81. The Labute approximate surface area is 78.9 Å². The fourth-order valence-corrected chi connectivity index (χ4v) is 2.01. The standard InChI is InChI=1S/C7H7ClIN/c1-2-5-6(9)3-4-10-7(5)8/h3-4H,2H2,1H3. The Morgan fingerprint density at radius 2 is 2.40 bits per heavy atom. The molecule has 0 spiro atoms. The molecule has 0 aromatic carbocycles. The third-order valence-electron chi connectivity index (χ3n) is 1.30. The van der Waals surface area contributed by atoms with E-state index in [0.717, 1.165) is 12.0 Å². The van der Waals surface area contributed by atoms with Gasteiger partial charge in [0.1, 0.15) is 5.15 Å². The van der Waals surface area contributed by atoms with Gasteiger partial charge < -0.3 is 0 Å². The molecule has 0 N–H and O–H groups in total. The van der Waals surface area contributed by atoms with Crippen LogP contribution in [0, 0.1) is 3.57 Å². The molecule has 54 valence electrons. The minimum absolute atomic E-state index is 0.634. The lowest BCUT2D eigenvalue weighted by atomic mass is 10.2. The lowest BCUT2D eigenvalue weighted by Gasteiger charge is -2.00. The van der Waals surface area contributed by atoms with Crippen LogP contribution in [0.3, 0.4) is 0 Å². The van der Waals surface area contributed by atoms with E-state index < -0.39 is 0 Å². The lowest BCUT2D eigenvalue weighted by Crippen LogP contribution is -1.89. The van der Waals surface area contributed by atoms with E-state index in [1.54, 1.807) is 6.20 Å². The monoisotopic (exact) mass is 267 g/mol. The summed E-state index contributed by atoms with van der Waals surface area (Å²) in [4.78, 5) is 3.97. The van der Waals surface area contributed by atoms with Gasteiger partial charge in [0.25, 0.3) is 0 Å². The van der Waals surface area contributed by atoms with E-state index in [9.17, 15) is 0 Å². The van der Waals surface area contributed by atoms with E-state index in [-0.39, 0.29) is 0 Å². The first-order chi connectivity index (χ1) is 4.75. The van der Waals surface area contributed by atoms with Crippen LogP contribution in [0.4, 0.5) is 0 Å². The van der Waals surface area contributed by atoms with Crippen molar-refractivity contribution in [1.82, 2.24) is 4.98 Å². The molecule has 3 heteroatoms. The Morgan fingerprint density at radius 3 is 2.80 bits per heavy atom. The largest absolute Gasteiger partial charge is 0.244 e. The van der Waals surface area contributed by atoms with Crippen molar-refractivity contribution in [1.29, 1.82) is 0 Å². The van der Waals surface area contributed by atoms with Crippen molar-refractivity contribution in [2.24, 2.45) is 0 Å². The van der Waals surface area contributed by atoms with Gasteiger partial charge >= 0.3 is 0 Å². The fourth-order valence-electron chi connectivity index (χ4n) is 0.760. The molecule has 0 saturated heterocycles. The van der Waals surface area contributed by atoms with Crippen LogP contribution in [0.5, 0.6) is 0 Å². The molecule has 0 aliphatic heterocycles. The first kappa shape index (κ1) is 8.27. The topological polar surface area (TPSA) is 12.9 Å². The quantitative estimate of drug-likeness (QED) is 0.563. The highest BCUT2D eigenvalue weighted by Crippen LogP contribution is 2.18. The van der Waals surface area contributed by atoms with Crippen LogP contribution in [0.1, 0.15) is 12.5 Å². The van der Waals surface area contributed by atoms with E-state index in [2.05, 4.69) is 34.5 Å². The van der Waals surface area contributed by atoms with Crippen LogP contribution in [0.15, 0.2) is 12.3 Å². The third-order valence-corrected chi connectivity index (χ3v) is 2.64. The number of aromatic nitrogens is 1. The van der Waals surface area contributed by atoms with Crippen molar-refractivity contribution in [3.63, 3.8) is 0 Å². The van der Waals surface area contributed by atoms with E-state index in [4.69, 9.17) is 11.6 Å². The normalized spacial score (nSPS) is 9.90. The van der Waals surface area contributed by atoms with E-state index in [1.807, 2.05) is 6.07 Å². The SMILES string of the molecule is CCc1c(I)ccnc1Cl. The van der Waals surface area contributed by atoms with Gasteiger partial charge in [-0.1, -0.05) is 18.5 Å². The van der Waals surface area contributed by atoms with Gasteiger partial charge in [-0.25, -0.2) is 4.98 Å². The molecule has 1 aromatic rings. The summed E-state index contributed by atoms with van der Waals surface area (Å²) in [5.74, 6) is 0. The summed E-state index contributed by atoms with van der Waals surface area (Å²) >= 11 is 8.08. The fraction of sp³-hybridized carbons (Fsp3) is 0.286. The van der Waals surface area contributed by atoms with Crippen molar-refractivity contribution in [3.05, 3.63) is 26.5 Å². The Hall–Kier alpha value is 0.170. The molecule has 0 bridgehead atoms. The van der Waals surface area contributed by atoms with Crippen molar-refractivity contribution in [2.45, 2.75) is 13.3 Å². The van der Waals surface area contributed by atoms with Crippen LogP contribution in [0.25, 0.3) is 0 Å². The van der Waals surface area contributed by atoms with Crippen molar-refractivity contribution < 1.29 is 0 Å². The summed E-state index contributed by atoms with van der Waals surface area (Å²) in [7, 11) is 0. The molecule has 10 heavy (non-hydrogen) atoms. The zero-order chi connectivity index (χ0) is 7.56. The van der Waals surface area contributed by atoms with Gasteiger partial charge in [0, 0.05) is 15.3 Å². The van der Waals surface area contributed by atoms with Gasteiger partial charge in [-0.3, -0.25) is 0 Å². The highest BCUT2D eigenvalue weighted by atomic mass is 127. The minimum Gasteiger partial charge on any atom is -0.244 e. The first-order valence-electron chi connectivity index (χ1n) is 3.04. The maximum absolute atomic E-state index is 5.81. The number of rotatable bonds is 1. The van der Waals surface area contributed by atoms with Gasteiger partial charge in [0.2, 0.25) is 0 Å². The van der Waals surface area contributed by atoms with Crippen molar-refractivity contribution in [3.8, 4) is 0 Å². The van der Waals surface area contributed by atoms with Crippen LogP contribution in [-0.4, -0.2) is 4.98 Å². The number of hydrogen-bond acceptors (Lipinski definition) is 1. The molecule has 1 aromatic heterocycles. The van der Waals surface area contributed by atoms with E-state index in [1.165, 1.54) is 3.57 Å². The predicted octanol–water partition coefficient (Wildman–Crippen LogP) is 2.90. The first-order valence-corrected chi connectivity index (χ1v) is 4.50. The minimum atomic E-state index is 0.634. The smallest absolute Gasteiger partial charge is 0.133 e. The van der Waals surface area contributed by atoms with Crippen molar-refractivity contribution >= 4 is 34.2 Å². The molecule has 0 radical (unpaired) electrons. The summed E-state index contributed by atoms with van der Waals surface area (Å²) in [6.45, 7) is 2.07. The molecular weight excluding hydrogens is 260 g/mol. The number of nitrogens with zero attached hydrogens (tertiary/aromatic N) is 1. The lowest BCUT2D eigenvalue weighted by molar-refractivity contribution is 1.09. The zero-order valence-corrected chi connectivity index (χ0v) is 8.48. The second-order valence-electron chi connectivity index (χ2n) is 1.92. The second kappa shape index (κ2) is 3.53. The van der Waals surface area contributed by atoms with Crippen LogP contribution < -0.4 is 0 Å². The highest BCUT2D eigenvalue weighted by molar-refractivity contribution is 14.1. The van der Waals surface area contributed by atoms with Gasteiger partial charge in [-0.15, -0.1) is 0 Å². The molecule has 0 atom stereocenters. The molecule has 0 fully saturated rings. The Morgan fingerprint density at radius 1 is 1.70 bits per heavy atom. The molecule has 1 rings (SSSR count). The average Bonchev–Trinajstić information content (AvgIpc) is 1.88. The third kappa shape index (κ3) is 1.61. The Balaban J connectivity index is 3.17. The molecule has 1 heterocycles. The summed E-state index contributed by atoms with van der Waals surface area (Å²) in [6.07, 6.45) is 2.67. The van der Waals surface area contributed by atoms with Gasteiger partial charge in [-0.2, -0.15) is 0 Å². The molecule has 0 aliphatic carbocycles. The molecule has 0 amide bonds.